The molecule has 0 saturated heterocycles. The molecule has 0 radical (unpaired) electrons. The molecule has 2 aromatic rings. The van der Waals surface area contributed by atoms with Gasteiger partial charge in [-0.05, 0) is 38.8 Å². The lowest BCUT2D eigenvalue weighted by molar-refractivity contribution is -0.137. The molecule has 4 nitrogen and oxygen atoms in total. The zero-order valence-electron chi connectivity index (χ0n) is 12.4. The lowest BCUT2D eigenvalue weighted by Crippen LogP contribution is -1.98. The van der Waals surface area contributed by atoms with Crippen LogP contribution in [-0.2, 0) is 11.2 Å². The van der Waals surface area contributed by atoms with Gasteiger partial charge in [-0.2, -0.15) is 0 Å². The summed E-state index contributed by atoms with van der Waals surface area (Å²) in [5.41, 5.74) is 6.69. The van der Waals surface area contributed by atoms with E-state index in [1.165, 1.54) is 16.7 Å². The molecular weight excluding hydrogens is 252 g/mol. The molecular formula is C16H20N2O2. The molecule has 4 heteroatoms. The smallest absolute Gasteiger partial charge is 0.303 e. The number of imidazole rings is 1. The van der Waals surface area contributed by atoms with Crippen molar-refractivity contribution in [2.24, 2.45) is 0 Å². The van der Waals surface area contributed by atoms with Crippen LogP contribution in [0, 0.1) is 27.7 Å². The average molecular weight is 272 g/mol. The zero-order chi connectivity index (χ0) is 14.9. The number of aromatic amines is 1. The van der Waals surface area contributed by atoms with Crippen LogP contribution in [0.5, 0.6) is 0 Å². The lowest BCUT2D eigenvalue weighted by atomic mass is 9.96. The van der Waals surface area contributed by atoms with Crippen molar-refractivity contribution in [3.63, 3.8) is 0 Å². The maximum Gasteiger partial charge on any atom is 0.303 e. The van der Waals surface area contributed by atoms with Gasteiger partial charge < -0.3 is 10.1 Å². The second kappa shape index (κ2) is 5.49. The van der Waals surface area contributed by atoms with Gasteiger partial charge >= 0.3 is 5.97 Å². The molecule has 0 aliphatic heterocycles. The van der Waals surface area contributed by atoms with Gasteiger partial charge in [-0.3, -0.25) is 4.79 Å². The standard InChI is InChI=1S/C16H20N2O2/c1-9-7-10(2)15(11(3)8-9)16-12(4)17-13(18-16)5-6-14(19)20/h7-8H,5-6H2,1-4H3,(H,17,18)(H,19,20). The van der Waals surface area contributed by atoms with E-state index in [4.69, 9.17) is 5.11 Å². The van der Waals surface area contributed by atoms with E-state index >= 15 is 0 Å². The molecule has 0 spiro atoms. The Hall–Kier alpha value is -2.10. The van der Waals surface area contributed by atoms with Crippen molar-refractivity contribution < 1.29 is 9.90 Å². The Balaban J connectivity index is 2.41. The second-order valence-electron chi connectivity index (χ2n) is 5.32. The molecule has 0 amide bonds. The molecule has 0 aliphatic rings. The molecule has 106 valence electrons. The van der Waals surface area contributed by atoms with Crippen LogP contribution < -0.4 is 0 Å². The Morgan fingerprint density at radius 3 is 2.35 bits per heavy atom. The quantitative estimate of drug-likeness (QED) is 0.897. The Bertz CT molecular complexity index is 633. The fraction of sp³-hybridized carbons (Fsp3) is 0.375. The Kier molecular flexibility index (Phi) is 3.93. The Labute approximate surface area is 118 Å². The minimum absolute atomic E-state index is 0.0955. The number of benzene rings is 1. The van der Waals surface area contributed by atoms with Gasteiger partial charge in [0.05, 0.1) is 12.1 Å². The van der Waals surface area contributed by atoms with Gasteiger partial charge in [-0.25, -0.2) is 4.98 Å². The summed E-state index contributed by atoms with van der Waals surface area (Å²) in [7, 11) is 0. The van der Waals surface area contributed by atoms with Crippen LogP contribution in [0.25, 0.3) is 11.3 Å². The van der Waals surface area contributed by atoms with Crippen LogP contribution in [-0.4, -0.2) is 21.0 Å². The molecule has 0 bridgehead atoms. The number of H-pyrrole nitrogens is 1. The van der Waals surface area contributed by atoms with Gasteiger partial charge in [-0.1, -0.05) is 17.7 Å². The van der Waals surface area contributed by atoms with E-state index in [1.54, 1.807) is 0 Å². The number of carboxylic acids is 1. The fourth-order valence-electron chi connectivity index (χ4n) is 2.66. The van der Waals surface area contributed by atoms with E-state index in [0.717, 1.165) is 22.8 Å². The predicted molar refractivity (Wildman–Crippen MR) is 78.9 cm³/mol. The molecule has 0 fully saturated rings. The highest BCUT2D eigenvalue weighted by Gasteiger charge is 2.14. The molecule has 0 saturated carbocycles. The first-order valence-electron chi connectivity index (χ1n) is 6.74. The van der Waals surface area contributed by atoms with E-state index < -0.39 is 5.97 Å². The molecule has 1 aromatic carbocycles. The summed E-state index contributed by atoms with van der Waals surface area (Å²) in [6, 6.07) is 4.29. The summed E-state index contributed by atoms with van der Waals surface area (Å²) in [5.74, 6) is -0.0671. The third-order valence-corrected chi connectivity index (χ3v) is 3.42. The maximum absolute atomic E-state index is 10.6. The highest BCUT2D eigenvalue weighted by molar-refractivity contribution is 5.70. The minimum atomic E-state index is -0.802. The highest BCUT2D eigenvalue weighted by atomic mass is 16.4. The summed E-state index contributed by atoms with van der Waals surface area (Å²) in [6.45, 7) is 8.23. The second-order valence-corrected chi connectivity index (χ2v) is 5.32. The first-order valence-corrected chi connectivity index (χ1v) is 6.74. The molecule has 20 heavy (non-hydrogen) atoms. The van der Waals surface area contributed by atoms with Gasteiger partial charge in [0, 0.05) is 17.7 Å². The number of rotatable bonds is 4. The van der Waals surface area contributed by atoms with Gasteiger partial charge in [0.25, 0.3) is 0 Å². The van der Waals surface area contributed by atoms with Crippen LogP contribution in [0.2, 0.25) is 0 Å². The topological polar surface area (TPSA) is 66.0 Å². The van der Waals surface area contributed by atoms with E-state index in [1.807, 2.05) is 6.92 Å². The summed E-state index contributed by atoms with van der Waals surface area (Å²) < 4.78 is 0. The number of nitrogens with one attached hydrogen (secondary N) is 1. The van der Waals surface area contributed by atoms with E-state index in [9.17, 15) is 4.79 Å². The van der Waals surface area contributed by atoms with Gasteiger partial charge in [0.2, 0.25) is 0 Å². The van der Waals surface area contributed by atoms with E-state index in [-0.39, 0.29) is 6.42 Å². The number of aromatic nitrogens is 2. The summed E-state index contributed by atoms with van der Waals surface area (Å²) in [6.07, 6.45) is 0.526. The number of carboxylic acid groups (broad SMARTS) is 1. The molecule has 2 N–H and O–H groups in total. The molecule has 0 unspecified atom stereocenters. The summed E-state index contributed by atoms with van der Waals surface area (Å²) in [5, 5.41) is 8.75. The van der Waals surface area contributed by atoms with Crippen molar-refractivity contribution >= 4 is 5.97 Å². The largest absolute Gasteiger partial charge is 0.481 e. The molecule has 0 aliphatic carbocycles. The van der Waals surface area contributed by atoms with Crippen molar-refractivity contribution in [2.75, 3.05) is 0 Å². The first kappa shape index (κ1) is 14.3. The van der Waals surface area contributed by atoms with Gasteiger partial charge in [0.15, 0.2) is 0 Å². The van der Waals surface area contributed by atoms with Crippen LogP contribution in [0.4, 0.5) is 0 Å². The zero-order valence-corrected chi connectivity index (χ0v) is 12.4. The van der Waals surface area contributed by atoms with Gasteiger partial charge in [0.1, 0.15) is 5.82 Å². The van der Waals surface area contributed by atoms with Crippen LogP contribution in [0.1, 0.15) is 34.6 Å². The number of aryl methyl sites for hydroxylation is 5. The van der Waals surface area contributed by atoms with Crippen LogP contribution in [0.15, 0.2) is 12.1 Å². The summed E-state index contributed by atoms with van der Waals surface area (Å²) >= 11 is 0. The molecule has 1 heterocycles. The average Bonchev–Trinajstić information content (AvgIpc) is 2.67. The number of aliphatic carboxylic acids is 1. The normalized spacial score (nSPS) is 10.8. The maximum atomic E-state index is 10.6. The fourth-order valence-corrected chi connectivity index (χ4v) is 2.66. The monoisotopic (exact) mass is 272 g/mol. The number of hydrogen-bond donors (Lipinski definition) is 2. The van der Waals surface area contributed by atoms with E-state index in [0.29, 0.717) is 6.42 Å². The lowest BCUT2D eigenvalue weighted by Gasteiger charge is -2.09. The Morgan fingerprint density at radius 2 is 1.80 bits per heavy atom. The number of nitrogens with zero attached hydrogens (tertiary/aromatic N) is 1. The van der Waals surface area contributed by atoms with Crippen LogP contribution in [0.3, 0.4) is 0 Å². The van der Waals surface area contributed by atoms with Crippen molar-refractivity contribution in [3.8, 4) is 11.3 Å². The molecule has 2 rings (SSSR count). The molecule has 0 atom stereocenters. The number of hydrogen-bond acceptors (Lipinski definition) is 2. The third kappa shape index (κ3) is 2.90. The highest BCUT2D eigenvalue weighted by Crippen LogP contribution is 2.29. The molecule has 1 aromatic heterocycles. The Morgan fingerprint density at radius 1 is 1.20 bits per heavy atom. The van der Waals surface area contributed by atoms with Crippen molar-refractivity contribution in [3.05, 3.63) is 40.3 Å². The third-order valence-electron chi connectivity index (χ3n) is 3.42. The summed E-state index contributed by atoms with van der Waals surface area (Å²) in [4.78, 5) is 18.4. The minimum Gasteiger partial charge on any atom is -0.481 e. The van der Waals surface area contributed by atoms with Gasteiger partial charge in [-0.15, -0.1) is 0 Å². The van der Waals surface area contributed by atoms with E-state index in [2.05, 4.69) is 42.9 Å². The predicted octanol–water partition coefficient (Wildman–Crippen LogP) is 3.33. The first-order chi connectivity index (χ1) is 9.38. The van der Waals surface area contributed by atoms with Crippen molar-refractivity contribution in [2.45, 2.75) is 40.5 Å². The van der Waals surface area contributed by atoms with Crippen LogP contribution >= 0.6 is 0 Å². The number of carbonyl (C=O) groups is 1. The van der Waals surface area contributed by atoms with Crippen molar-refractivity contribution in [1.82, 2.24) is 9.97 Å². The van der Waals surface area contributed by atoms with Crippen molar-refractivity contribution in [1.29, 1.82) is 0 Å². The SMILES string of the molecule is Cc1cc(C)c(-c2nc(CCC(=O)O)[nH]c2C)c(C)c1.